The van der Waals surface area contributed by atoms with Crippen LogP contribution in [-0.4, -0.2) is 38.4 Å². The average molecular weight is 317 g/mol. The summed E-state index contributed by atoms with van der Waals surface area (Å²) < 4.78 is 22.5. The van der Waals surface area contributed by atoms with E-state index in [1.54, 1.807) is 12.1 Å². The fourth-order valence-corrected chi connectivity index (χ4v) is 3.89. The Labute approximate surface area is 123 Å². The molecule has 110 valence electrons. The summed E-state index contributed by atoms with van der Waals surface area (Å²) in [4.78, 5) is 11.7. The van der Waals surface area contributed by atoms with Crippen LogP contribution in [-0.2, 0) is 21.2 Å². The van der Waals surface area contributed by atoms with Crippen molar-refractivity contribution in [3.63, 3.8) is 0 Å². The summed E-state index contributed by atoms with van der Waals surface area (Å²) >= 11 is 5.77. The molecule has 1 unspecified atom stereocenters. The summed E-state index contributed by atoms with van der Waals surface area (Å²) in [5, 5.41) is 6.40. The fraction of sp³-hybridized carbons (Fsp3) is 0.462. The molecule has 0 aliphatic carbocycles. The van der Waals surface area contributed by atoms with Gasteiger partial charge in [-0.3, -0.25) is 4.79 Å². The standard InChI is InChI=1S/C13H17ClN2O3S/c14-11-3-1-10(2-4-11)7-16-13(17)8-15-12-5-6-20(18,19)9-12/h1-4,12,15H,5-9H2,(H,16,17). The third-order valence-corrected chi connectivity index (χ3v) is 5.21. The maximum Gasteiger partial charge on any atom is 0.234 e. The molecule has 1 aliphatic heterocycles. The molecule has 0 aromatic heterocycles. The van der Waals surface area contributed by atoms with Crippen molar-refractivity contribution in [2.45, 2.75) is 19.0 Å². The molecule has 20 heavy (non-hydrogen) atoms. The van der Waals surface area contributed by atoms with Crippen LogP contribution in [0.4, 0.5) is 0 Å². The minimum atomic E-state index is -2.91. The summed E-state index contributed by atoms with van der Waals surface area (Å²) in [6.45, 7) is 0.564. The number of hydrogen-bond donors (Lipinski definition) is 2. The monoisotopic (exact) mass is 316 g/mol. The van der Waals surface area contributed by atoms with Crippen LogP contribution < -0.4 is 10.6 Å². The van der Waals surface area contributed by atoms with Gasteiger partial charge in [0.15, 0.2) is 9.84 Å². The van der Waals surface area contributed by atoms with Gasteiger partial charge < -0.3 is 10.6 Å². The first kappa shape index (κ1) is 15.3. The molecular weight excluding hydrogens is 300 g/mol. The molecule has 0 bridgehead atoms. The van der Waals surface area contributed by atoms with Crippen LogP contribution in [0.2, 0.25) is 5.02 Å². The number of amides is 1. The summed E-state index contributed by atoms with van der Waals surface area (Å²) in [7, 11) is -2.91. The van der Waals surface area contributed by atoms with Gasteiger partial charge in [-0.1, -0.05) is 23.7 Å². The SMILES string of the molecule is O=C(CNC1CCS(=O)(=O)C1)NCc1ccc(Cl)cc1. The molecule has 5 nitrogen and oxygen atoms in total. The van der Waals surface area contributed by atoms with E-state index in [4.69, 9.17) is 11.6 Å². The Balaban J connectivity index is 1.69. The van der Waals surface area contributed by atoms with E-state index in [0.29, 0.717) is 18.0 Å². The quantitative estimate of drug-likeness (QED) is 0.840. The number of benzene rings is 1. The van der Waals surface area contributed by atoms with Gasteiger partial charge in [-0.2, -0.15) is 0 Å². The predicted octanol–water partition coefficient (Wildman–Crippen LogP) is 0.733. The molecule has 1 saturated heterocycles. The molecule has 0 spiro atoms. The van der Waals surface area contributed by atoms with Crippen molar-refractivity contribution in [1.29, 1.82) is 0 Å². The second-order valence-corrected chi connectivity index (χ2v) is 7.55. The maximum atomic E-state index is 11.7. The van der Waals surface area contributed by atoms with Crippen molar-refractivity contribution in [2.24, 2.45) is 0 Å². The molecule has 1 heterocycles. The molecule has 1 fully saturated rings. The first-order chi connectivity index (χ1) is 9.44. The predicted molar refractivity (Wildman–Crippen MR) is 78.4 cm³/mol. The van der Waals surface area contributed by atoms with Crippen LogP contribution in [0.1, 0.15) is 12.0 Å². The van der Waals surface area contributed by atoms with E-state index in [1.807, 2.05) is 12.1 Å². The van der Waals surface area contributed by atoms with Crippen LogP contribution in [0.3, 0.4) is 0 Å². The molecule has 1 atom stereocenters. The molecule has 2 rings (SSSR count). The van der Waals surface area contributed by atoms with E-state index in [1.165, 1.54) is 0 Å². The zero-order chi connectivity index (χ0) is 14.6. The van der Waals surface area contributed by atoms with E-state index in [9.17, 15) is 13.2 Å². The fourth-order valence-electron chi connectivity index (χ4n) is 2.06. The largest absolute Gasteiger partial charge is 0.351 e. The highest BCUT2D eigenvalue weighted by atomic mass is 35.5. The number of sulfone groups is 1. The number of hydrogen-bond acceptors (Lipinski definition) is 4. The lowest BCUT2D eigenvalue weighted by atomic mass is 10.2. The van der Waals surface area contributed by atoms with Crippen molar-refractivity contribution in [1.82, 2.24) is 10.6 Å². The van der Waals surface area contributed by atoms with Crippen molar-refractivity contribution >= 4 is 27.3 Å². The van der Waals surface area contributed by atoms with E-state index in [-0.39, 0.29) is 30.0 Å². The Kier molecular flexibility index (Phi) is 5.01. The summed E-state index contributed by atoms with van der Waals surface area (Å²) in [5.41, 5.74) is 0.964. The topological polar surface area (TPSA) is 75.3 Å². The van der Waals surface area contributed by atoms with Crippen LogP contribution in [0.25, 0.3) is 0 Å². The van der Waals surface area contributed by atoms with Gasteiger partial charge in [-0.15, -0.1) is 0 Å². The number of carbonyl (C=O) groups is 1. The Bertz CT molecular complexity index is 572. The molecule has 1 aromatic carbocycles. The zero-order valence-electron chi connectivity index (χ0n) is 10.9. The van der Waals surface area contributed by atoms with Crippen molar-refractivity contribution < 1.29 is 13.2 Å². The van der Waals surface area contributed by atoms with Gasteiger partial charge in [0.05, 0.1) is 18.1 Å². The first-order valence-corrected chi connectivity index (χ1v) is 8.59. The summed E-state index contributed by atoms with van der Waals surface area (Å²) in [6, 6.07) is 7.12. The van der Waals surface area contributed by atoms with Crippen LogP contribution in [0.5, 0.6) is 0 Å². The zero-order valence-corrected chi connectivity index (χ0v) is 12.5. The Morgan fingerprint density at radius 2 is 2.00 bits per heavy atom. The maximum absolute atomic E-state index is 11.7. The van der Waals surface area contributed by atoms with E-state index < -0.39 is 9.84 Å². The average Bonchev–Trinajstić information content (AvgIpc) is 2.75. The van der Waals surface area contributed by atoms with Crippen molar-refractivity contribution in [3.05, 3.63) is 34.9 Å². The molecule has 1 aromatic rings. The lowest BCUT2D eigenvalue weighted by Crippen LogP contribution is -2.39. The van der Waals surface area contributed by atoms with E-state index >= 15 is 0 Å². The van der Waals surface area contributed by atoms with Gasteiger partial charge in [0.2, 0.25) is 5.91 Å². The minimum absolute atomic E-state index is 0.110. The minimum Gasteiger partial charge on any atom is -0.351 e. The number of rotatable bonds is 5. The van der Waals surface area contributed by atoms with Gasteiger partial charge in [0, 0.05) is 17.6 Å². The van der Waals surface area contributed by atoms with Gasteiger partial charge in [-0.05, 0) is 24.1 Å². The Morgan fingerprint density at radius 1 is 1.30 bits per heavy atom. The van der Waals surface area contributed by atoms with Crippen molar-refractivity contribution in [3.8, 4) is 0 Å². The first-order valence-electron chi connectivity index (χ1n) is 6.39. The number of carbonyl (C=O) groups excluding carboxylic acids is 1. The van der Waals surface area contributed by atoms with E-state index in [0.717, 1.165) is 5.56 Å². The second kappa shape index (κ2) is 6.56. The van der Waals surface area contributed by atoms with Crippen LogP contribution in [0, 0.1) is 0 Å². The molecule has 7 heteroatoms. The van der Waals surface area contributed by atoms with Gasteiger partial charge in [0.1, 0.15) is 0 Å². The Morgan fingerprint density at radius 3 is 2.60 bits per heavy atom. The van der Waals surface area contributed by atoms with E-state index in [2.05, 4.69) is 10.6 Å². The second-order valence-electron chi connectivity index (χ2n) is 4.88. The van der Waals surface area contributed by atoms with Gasteiger partial charge in [0.25, 0.3) is 0 Å². The third kappa shape index (κ3) is 4.77. The molecule has 1 aliphatic rings. The molecule has 1 amide bonds. The number of nitrogens with one attached hydrogen (secondary N) is 2. The smallest absolute Gasteiger partial charge is 0.234 e. The molecule has 0 saturated carbocycles. The highest BCUT2D eigenvalue weighted by Crippen LogP contribution is 2.11. The van der Waals surface area contributed by atoms with Crippen LogP contribution in [0.15, 0.2) is 24.3 Å². The molecule has 0 radical (unpaired) electrons. The number of halogens is 1. The van der Waals surface area contributed by atoms with Crippen LogP contribution >= 0.6 is 11.6 Å². The highest BCUT2D eigenvalue weighted by Gasteiger charge is 2.27. The van der Waals surface area contributed by atoms with Gasteiger partial charge in [-0.25, -0.2) is 8.42 Å². The highest BCUT2D eigenvalue weighted by molar-refractivity contribution is 7.91. The summed E-state index contributed by atoms with van der Waals surface area (Å²) in [6.07, 6.45) is 0.576. The molecular formula is C13H17ClN2O3S. The Hall–Kier alpha value is -1.11. The molecule has 2 N–H and O–H groups in total. The van der Waals surface area contributed by atoms with Crippen molar-refractivity contribution in [2.75, 3.05) is 18.1 Å². The summed E-state index contributed by atoms with van der Waals surface area (Å²) in [5.74, 6) is 0.179. The van der Waals surface area contributed by atoms with Gasteiger partial charge >= 0.3 is 0 Å². The lowest BCUT2D eigenvalue weighted by molar-refractivity contribution is -0.120. The third-order valence-electron chi connectivity index (χ3n) is 3.19. The normalized spacial score (nSPS) is 20.8. The lowest BCUT2D eigenvalue weighted by Gasteiger charge is -2.10.